The zero-order valence-electron chi connectivity index (χ0n) is 8.19. The van der Waals surface area contributed by atoms with Crippen LogP contribution in [0.15, 0.2) is 35.7 Å². The summed E-state index contributed by atoms with van der Waals surface area (Å²) in [5, 5.41) is 2.04. The average Bonchev–Trinajstić information content (AvgIpc) is 2.74. The fourth-order valence-electron chi connectivity index (χ4n) is 1.38. The Balaban J connectivity index is 0.00000128. The minimum atomic E-state index is -0.429. The topological polar surface area (TPSA) is 26.0 Å². The lowest BCUT2D eigenvalue weighted by Gasteiger charge is -2.12. The molecule has 0 radical (unpaired) electrons. The predicted octanol–water partition coefficient (Wildman–Crippen LogP) is 4.01. The lowest BCUT2D eigenvalue weighted by molar-refractivity contribution is 0.624. The molecule has 1 aromatic heterocycles. The Hall–Kier alpha value is -0.610. The standard InChI is InChI=1S/C11H9ClFNS.ClH/c12-10-7(3-1-4-8(10)13)11(14)9-5-2-6-15-9;/h1-6,11H,14H2;1H/t11-;/m0./s1. The molecule has 86 valence electrons. The first-order chi connectivity index (χ1) is 7.20. The van der Waals surface area contributed by atoms with E-state index in [1.54, 1.807) is 12.1 Å². The summed E-state index contributed by atoms with van der Waals surface area (Å²) in [6.07, 6.45) is 0. The number of hydrogen-bond donors (Lipinski definition) is 1. The molecule has 0 aliphatic heterocycles. The van der Waals surface area contributed by atoms with E-state index in [2.05, 4.69) is 0 Å². The second kappa shape index (κ2) is 5.64. The Bertz CT molecular complexity index is 459. The maximum atomic E-state index is 13.2. The quantitative estimate of drug-likeness (QED) is 0.882. The molecule has 0 spiro atoms. The largest absolute Gasteiger partial charge is 0.320 e. The van der Waals surface area contributed by atoms with Gasteiger partial charge in [-0.1, -0.05) is 29.8 Å². The molecule has 0 amide bonds. The minimum Gasteiger partial charge on any atom is -0.320 e. The van der Waals surface area contributed by atoms with Gasteiger partial charge in [0.25, 0.3) is 0 Å². The van der Waals surface area contributed by atoms with E-state index in [4.69, 9.17) is 17.3 Å². The third-order valence-corrected chi connectivity index (χ3v) is 3.52. The normalized spacial score (nSPS) is 11.9. The Morgan fingerprint density at radius 3 is 2.62 bits per heavy atom. The summed E-state index contributed by atoms with van der Waals surface area (Å²) in [6.45, 7) is 0. The van der Waals surface area contributed by atoms with E-state index >= 15 is 0 Å². The van der Waals surface area contributed by atoms with Gasteiger partial charge < -0.3 is 5.73 Å². The van der Waals surface area contributed by atoms with Gasteiger partial charge in [0.2, 0.25) is 0 Å². The molecule has 0 bridgehead atoms. The van der Waals surface area contributed by atoms with Gasteiger partial charge in [-0.15, -0.1) is 23.7 Å². The lowest BCUT2D eigenvalue weighted by Crippen LogP contribution is -2.11. The summed E-state index contributed by atoms with van der Waals surface area (Å²) in [4.78, 5) is 0.975. The molecule has 0 saturated heterocycles. The molecule has 0 unspecified atom stereocenters. The van der Waals surface area contributed by atoms with E-state index in [-0.39, 0.29) is 23.5 Å². The van der Waals surface area contributed by atoms with E-state index in [1.807, 2.05) is 17.5 Å². The lowest BCUT2D eigenvalue weighted by atomic mass is 10.1. The first kappa shape index (κ1) is 13.5. The molecular weight excluding hydrogens is 268 g/mol. The van der Waals surface area contributed by atoms with E-state index < -0.39 is 5.82 Å². The predicted molar refractivity (Wildman–Crippen MR) is 69.0 cm³/mol. The minimum absolute atomic E-state index is 0. The van der Waals surface area contributed by atoms with Crippen LogP contribution in [0.2, 0.25) is 5.02 Å². The Morgan fingerprint density at radius 2 is 2.00 bits per heavy atom. The highest BCUT2D eigenvalue weighted by molar-refractivity contribution is 7.10. The van der Waals surface area contributed by atoms with Gasteiger partial charge in [0.15, 0.2) is 0 Å². The second-order valence-electron chi connectivity index (χ2n) is 3.14. The zero-order chi connectivity index (χ0) is 10.8. The van der Waals surface area contributed by atoms with Crippen LogP contribution in [0.4, 0.5) is 4.39 Å². The Labute approximate surface area is 108 Å². The van der Waals surface area contributed by atoms with Gasteiger partial charge in [0.05, 0.1) is 11.1 Å². The summed E-state index contributed by atoms with van der Waals surface area (Å²) in [7, 11) is 0. The van der Waals surface area contributed by atoms with Gasteiger partial charge in [-0.3, -0.25) is 0 Å². The van der Waals surface area contributed by atoms with Gasteiger partial charge in [-0.2, -0.15) is 0 Å². The van der Waals surface area contributed by atoms with E-state index in [0.29, 0.717) is 5.56 Å². The van der Waals surface area contributed by atoms with Crippen molar-refractivity contribution >= 4 is 35.3 Å². The molecule has 1 nitrogen and oxygen atoms in total. The molecular formula is C11H10Cl2FNS. The zero-order valence-corrected chi connectivity index (χ0v) is 10.6. The van der Waals surface area contributed by atoms with Crippen LogP contribution in [0.25, 0.3) is 0 Å². The maximum absolute atomic E-state index is 13.2. The fourth-order valence-corrected chi connectivity index (χ4v) is 2.37. The van der Waals surface area contributed by atoms with Crippen LogP contribution < -0.4 is 5.73 Å². The number of benzene rings is 1. The van der Waals surface area contributed by atoms with Crippen molar-refractivity contribution in [3.63, 3.8) is 0 Å². The van der Waals surface area contributed by atoms with Gasteiger partial charge in [0.1, 0.15) is 5.82 Å². The third kappa shape index (κ3) is 2.55. The van der Waals surface area contributed by atoms with E-state index in [9.17, 15) is 4.39 Å². The van der Waals surface area contributed by atoms with Crippen LogP contribution >= 0.6 is 35.3 Å². The maximum Gasteiger partial charge on any atom is 0.142 e. The molecule has 2 aromatic rings. The molecule has 1 heterocycles. The average molecular weight is 278 g/mol. The summed E-state index contributed by atoms with van der Waals surface area (Å²) in [5.41, 5.74) is 6.61. The van der Waals surface area contributed by atoms with Gasteiger partial charge in [-0.05, 0) is 23.1 Å². The molecule has 5 heteroatoms. The van der Waals surface area contributed by atoms with Gasteiger partial charge in [-0.25, -0.2) is 4.39 Å². The molecule has 1 atom stereocenters. The molecule has 1 aromatic carbocycles. The van der Waals surface area contributed by atoms with Crippen molar-refractivity contribution in [2.24, 2.45) is 5.73 Å². The molecule has 2 rings (SSSR count). The number of thiophene rings is 1. The highest BCUT2D eigenvalue weighted by Crippen LogP contribution is 2.30. The summed E-state index contributed by atoms with van der Waals surface area (Å²) in [6, 6.07) is 8.16. The van der Waals surface area contributed by atoms with Crippen molar-refractivity contribution in [2.75, 3.05) is 0 Å². The molecule has 0 aliphatic carbocycles. The van der Waals surface area contributed by atoms with Crippen LogP contribution in [0, 0.1) is 5.82 Å². The second-order valence-corrected chi connectivity index (χ2v) is 4.49. The number of hydrogen-bond acceptors (Lipinski definition) is 2. The molecule has 0 saturated carbocycles. The monoisotopic (exact) mass is 277 g/mol. The SMILES string of the molecule is Cl.N[C@H](c1cccs1)c1cccc(F)c1Cl. The van der Waals surface area contributed by atoms with Gasteiger partial charge >= 0.3 is 0 Å². The number of rotatable bonds is 2. The van der Waals surface area contributed by atoms with Crippen LogP contribution in [0.1, 0.15) is 16.5 Å². The van der Waals surface area contributed by atoms with Crippen molar-refractivity contribution in [3.8, 4) is 0 Å². The molecule has 2 N–H and O–H groups in total. The highest BCUT2D eigenvalue weighted by Gasteiger charge is 2.15. The first-order valence-corrected chi connectivity index (χ1v) is 5.69. The van der Waals surface area contributed by atoms with Crippen molar-refractivity contribution in [1.29, 1.82) is 0 Å². The van der Waals surface area contributed by atoms with Crippen LogP contribution in [-0.4, -0.2) is 0 Å². The molecule has 0 aliphatic rings. The van der Waals surface area contributed by atoms with Gasteiger partial charge in [0, 0.05) is 4.88 Å². The van der Waals surface area contributed by atoms with Crippen LogP contribution in [0.5, 0.6) is 0 Å². The Kier molecular flexibility index (Phi) is 4.74. The summed E-state index contributed by atoms with van der Waals surface area (Å²) in [5.74, 6) is -0.429. The van der Waals surface area contributed by atoms with Crippen LogP contribution in [-0.2, 0) is 0 Å². The number of halogens is 3. The van der Waals surface area contributed by atoms with E-state index in [0.717, 1.165) is 4.88 Å². The van der Waals surface area contributed by atoms with Crippen molar-refractivity contribution in [1.82, 2.24) is 0 Å². The van der Waals surface area contributed by atoms with Crippen LogP contribution in [0.3, 0.4) is 0 Å². The van der Waals surface area contributed by atoms with Crippen molar-refractivity contribution < 1.29 is 4.39 Å². The fraction of sp³-hybridized carbons (Fsp3) is 0.0909. The molecule has 0 fully saturated rings. The summed E-state index contributed by atoms with van der Waals surface area (Å²) >= 11 is 7.39. The molecule has 16 heavy (non-hydrogen) atoms. The number of nitrogens with two attached hydrogens (primary N) is 1. The third-order valence-electron chi connectivity index (χ3n) is 2.17. The van der Waals surface area contributed by atoms with Crippen molar-refractivity contribution in [3.05, 3.63) is 57.0 Å². The van der Waals surface area contributed by atoms with E-state index in [1.165, 1.54) is 17.4 Å². The first-order valence-electron chi connectivity index (χ1n) is 4.43. The Morgan fingerprint density at radius 1 is 1.25 bits per heavy atom. The smallest absolute Gasteiger partial charge is 0.142 e. The summed E-state index contributed by atoms with van der Waals surface area (Å²) < 4.78 is 13.2. The highest BCUT2D eigenvalue weighted by atomic mass is 35.5. The van der Waals surface area contributed by atoms with Crippen molar-refractivity contribution in [2.45, 2.75) is 6.04 Å².